The molecule has 0 spiro atoms. The summed E-state index contributed by atoms with van der Waals surface area (Å²) in [5.41, 5.74) is 5.76. The molecule has 1 N–H and O–H groups in total. The maximum absolute atomic E-state index is 13.6. The topological polar surface area (TPSA) is 79.9 Å². The van der Waals surface area contributed by atoms with Crippen molar-refractivity contribution in [2.75, 3.05) is 11.9 Å². The zero-order valence-corrected chi connectivity index (χ0v) is 17.9. The minimum absolute atomic E-state index is 0.00450. The number of nitriles is 1. The zero-order chi connectivity index (χ0) is 22.2. The van der Waals surface area contributed by atoms with Gasteiger partial charge in [0, 0.05) is 11.1 Å². The minimum atomic E-state index is -0.316. The smallest absolute Gasteiger partial charge is 0.262 e. The van der Waals surface area contributed by atoms with Crippen molar-refractivity contribution in [2.45, 2.75) is 13.5 Å². The first-order chi connectivity index (χ1) is 15.5. The van der Waals surface area contributed by atoms with E-state index in [0.29, 0.717) is 22.9 Å². The molecule has 1 amide bonds. The zero-order valence-electron chi connectivity index (χ0n) is 17.1. The molecule has 0 atom stereocenters. The molecule has 1 aliphatic rings. The molecule has 0 radical (unpaired) electrons. The SMILES string of the molecule is Cc1nn(Cc2csc(C#N)c2)c(-c2ccc(F)cc2)c1-c1ccc2c(c1)NC(=O)CO2. The number of nitrogens with zero attached hydrogens (tertiary/aromatic N) is 3. The van der Waals surface area contributed by atoms with Crippen LogP contribution in [0.5, 0.6) is 5.75 Å². The molecule has 0 bridgehead atoms. The number of benzene rings is 2. The number of carbonyl (C=O) groups excluding carboxylic acids is 1. The number of aryl methyl sites for hydroxylation is 1. The highest BCUT2D eigenvalue weighted by Gasteiger charge is 2.22. The summed E-state index contributed by atoms with van der Waals surface area (Å²) in [5, 5.41) is 18.7. The lowest BCUT2D eigenvalue weighted by molar-refractivity contribution is -0.118. The van der Waals surface area contributed by atoms with Crippen molar-refractivity contribution in [3.8, 4) is 34.2 Å². The monoisotopic (exact) mass is 444 g/mol. The minimum Gasteiger partial charge on any atom is -0.482 e. The van der Waals surface area contributed by atoms with Crippen molar-refractivity contribution in [3.63, 3.8) is 0 Å². The molecule has 0 unspecified atom stereocenters. The lowest BCUT2D eigenvalue weighted by Gasteiger charge is -2.19. The van der Waals surface area contributed by atoms with Crippen LogP contribution in [0.15, 0.2) is 53.9 Å². The van der Waals surface area contributed by atoms with E-state index in [-0.39, 0.29) is 18.3 Å². The third-order valence-electron chi connectivity index (χ3n) is 5.24. The Balaban J connectivity index is 1.66. The maximum Gasteiger partial charge on any atom is 0.262 e. The van der Waals surface area contributed by atoms with Gasteiger partial charge in [0.05, 0.1) is 23.6 Å². The van der Waals surface area contributed by atoms with E-state index < -0.39 is 0 Å². The predicted octanol–water partition coefficient (Wildman–Crippen LogP) is 4.98. The number of amides is 1. The molecule has 0 saturated carbocycles. The number of carbonyl (C=O) groups is 1. The first-order valence-electron chi connectivity index (χ1n) is 9.90. The molecule has 32 heavy (non-hydrogen) atoms. The molecule has 4 aromatic rings. The van der Waals surface area contributed by atoms with Crippen LogP contribution in [0.25, 0.3) is 22.4 Å². The van der Waals surface area contributed by atoms with Gasteiger partial charge < -0.3 is 10.1 Å². The van der Waals surface area contributed by atoms with Gasteiger partial charge in [0.15, 0.2) is 6.61 Å². The average Bonchev–Trinajstić information content (AvgIpc) is 3.37. The van der Waals surface area contributed by atoms with E-state index in [1.165, 1.54) is 23.5 Å². The first kappa shape index (κ1) is 20.0. The van der Waals surface area contributed by atoms with Gasteiger partial charge in [-0.25, -0.2) is 4.39 Å². The van der Waals surface area contributed by atoms with Crippen molar-refractivity contribution in [3.05, 3.63) is 75.9 Å². The van der Waals surface area contributed by atoms with E-state index in [2.05, 4.69) is 11.4 Å². The summed E-state index contributed by atoms with van der Waals surface area (Å²) in [5.74, 6) is 0.0961. The molecule has 5 rings (SSSR count). The number of thiophene rings is 1. The van der Waals surface area contributed by atoms with Crippen LogP contribution in [0.2, 0.25) is 0 Å². The molecule has 6 nitrogen and oxygen atoms in total. The van der Waals surface area contributed by atoms with Crippen LogP contribution in [0.4, 0.5) is 10.1 Å². The Morgan fingerprint density at radius 3 is 2.75 bits per heavy atom. The highest BCUT2D eigenvalue weighted by molar-refractivity contribution is 7.10. The standard InChI is InChI=1S/C24H17FN4O2S/c1-14-23(17-4-7-21-20(9-17)27-22(30)12-31-21)24(16-2-5-18(25)6-3-16)29(28-14)11-15-8-19(10-26)32-13-15/h2-9,13H,11-12H2,1H3,(H,27,30). The summed E-state index contributed by atoms with van der Waals surface area (Å²) >= 11 is 1.39. The normalized spacial score (nSPS) is 12.6. The highest BCUT2D eigenvalue weighted by Crippen LogP contribution is 2.39. The Morgan fingerprint density at radius 2 is 2.00 bits per heavy atom. The molecule has 0 aliphatic carbocycles. The number of nitrogens with one attached hydrogen (secondary N) is 1. The molecular weight excluding hydrogens is 427 g/mol. The summed E-state index contributed by atoms with van der Waals surface area (Å²) in [6.45, 7) is 2.38. The van der Waals surface area contributed by atoms with Gasteiger partial charge in [0.25, 0.3) is 5.91 Å². The Labute approximate surface area is 187 Å². The first-order valence-corrected chi connectivity index (χ1v) is 10.8. The number of ether oxygens (including phenoxy) is 1. The van der Waals surface area contributed by atoms with Gasteiger partial charge >= 0.3 is 0 Å². The number of hydrogen-bond donors (Lipinski definition) is 1. The molecule has 0 fully saturated rings. The number of hydrogen-bond acceptors (Lipinski definition) is 5. The lowest BCUT2D eigenvalue weighted by atomic mass is 9.98. The van der Waals surface area contributed by atoms with Crippen molar-refractivity contribution in [1.29, 1.82) is 5.26 Å². The molecular formula is C24H17FN4O2S. The van der Waals surface area contributed by atoms with Crippen molar-refractivity contribution in [2.24, 2.45) is 0 Å². The molecule has 2 aromatic heterocycles. The van der Waals surface area contributed by atoms with Crippen LogP contribution in [-0.2, 0) is 11.3 Å². The van der Waals surface area contributed by atoms with Gasteiger partial charge in [0.1, 0.15) is 22.5 Å². The van der Waals surface area contributed by atoms with Crippen LogP contribution < -0.4 is 10.1 Å². The average molecular weight is 444 g/mol. The molecule has 1 aliphatic heterocycles. The fraction of sp³-hybridized carbons (Fsp3) is 0.125. The van der Waals surface area contributed by atoms with Crippen LogP contribution >= 0.6 is 11.3 Å². The number of halogens is 1. The summed E-state index contributed by atoms with van der Waals surface area (Å²) in [6.07, 6.45) is 0. The molecule has 8 heteroatoms. The van der Waals surface area contributed by atoms with Gasteiger partial charge in [0.2, 0.25) is 0 Å². The van der Waals surface area contributed by atoms with E-state index in [1.807, 2.05) is 41.3 Å². The lowest BCUT2D eigenvalue weighted by Crippen LogP contribution is -2.25. The van der Waals surface area contributed by atoms with Crippen LogP contribution in [0, 0.1) is 24.1 Å². The maximum atomic E-state index is 13.6. The van der Waals surface area contributed by atoms with Crippen molar-refractivity contribution < 1.29 is 13.9 Å². The fourth-order valence-electron chi connectivity index (χ4n) is 3.87. The Morgan fingerprint density at radius 1 is 1.22 bits per heavy atom. The third kappa shape index (κ3) is 3.63. The van der Waals surface area contributed by atoms with Gasteiger partial charge in [-0.1, -0.05) is 6.07 Å². The number of anilines is 1. The summed E-state index contributed by atoms with van der Waals surface area (Å²) in [7, 11) is 0. The van der Waals surface area contributed by atoms with Crippen molar-refractivity contribution >= 4 is 22.9 Å². The summed E-state index contributed by atoms with van der Waals surface area (Å²) < 4.78 is 21.0. The molecule has 2 aromatic carbocycles. The van der Waals surface area contributed by atoms with E-state index in [4.69, 9.17) is 15.1 Å². The second-order valence-corrected chi connectivity index (χ2v) is 8.36. The van der Waals surface area contributed by atoms with Crippen LogP contribution in [-0.4, -0.2) is 22.3 Å². The van der Waals surface area contributed by atoms with E-state index >= 15 is 0 Å². The fourth-order valence-corrected chi connectivity index (χ4v) is 4.56. The molecule has 3 heterocycles. The van der Waals surface area contributed by atoms with Gasteiger partial charge in [-0.3, -0.25) is 9.48 Å². The van der Waals surface area contributed by atoms with E-state index in [1.54, 1.807) is 12.1 Å². The van der Waals surface area contributed by atoms with E-state index in [0.717, 1.165) is 33.6 Å². The second kappa shape index (κ2) is 7.94. The largest absolute Gasteiger partial charge is 0.482 e. The third-order valence-corrected chi connectivity index (χ3v) is 6.13. The molecule has 158 valence electrons. The van der Waals surface area contributed by atoms with Crippen LogP contribution in [0.3, 0.4) is 0 Å². The Kier molecular flexibility index (Phi) is 4.96. The van der Waals surface area contributed by atoms with Gasteiger partial charge in [-0.2, -0.15) is 10.4 Å². The highest BCUT2D eigenvalue weighted by atomic mass is 32.1. The van der Waals surface area contributed by atoms with Gasteiger partial charge in [-0.15, -0.1) is 11.3 Å². The van der Waals surface area contributed by atoms with Crippen molar-refractivity contribution in [1.82, 2.24) is 9.78 Å². The number of aromatic nitrogens is 2. The molecule has 0 saturated heterocycles. The van der Waals surface area contributed by atoms with Gasteiger partial charge in [-0.05, 0) is 65.9 Å². The predicted molar refractivity (Wildman–Crippen MR) is 120 cm³/mol. The summed E-state index contributed by atoms with van der Waals surface area (Å²) in [6, 6.07) is 15.9. The Hall–Kier alpha value is -3.96. The number of rotatable bonds is 4. The Bertz CT molecular complexity index is 1380. The number of fused-ring (bicyclic) bond motifs is 1. The van der Waals surface area contributed by atoms with Crippen LogP contribution in [0.1, 0.15) is 16.1 Å². The quantitative estimate of drug-likeness (QED) is 0.482. The summed E-state index contributed by atoms with van der Waals surface area (Å²) in [4.78, 5) is 12.4. The van der Waals surface area contributed by atoms with E-state index in [9.17, 15) is 9.18 Å². The second-order valence-electron chi connectivity index (χ2n) is 7.45.